The molecule has 7 nitrogen and oxygen atoms in total. The maximum absolute atomic E-state index is 12.3. The lowest BCUT2D eigenvalue weighted by Crippen LogP contribution is -2.25. The molecule has 33 heavy (non-hydrogen) atoms. The van der Waals surface area contributed by atoms with Crippen LogP contribution in [0.5, 0.6) is 0 Å². The summed E-state index contributed by atoms with van der Waals surface area (Å²) in [5.74, 6) is 0.348. The van der Waals surface area contributed by atoms with E-state index in [1.165, 1.54) is 24.6 Å². The largest absolute Gasteiger partial charge is 0.465 e. The predicted octanol–water partition coefficient (Wildman–Crippen LogP) is 4.85. The fraction of sp³-hybridized carbons (Fsp3) is 0.120. The average molecular weight is 456 g/mol. The van der Waals surface area contributed by atoms with E-state index in [0.717, 1.165) is 27.5 Å². The molecule has 0 saturated heterocycles. The van der Waals surface area contributed by atoms with E-state index in [1.807, 2.05) is 41.8 Å². The van der Waals surface area contributed by atoms with Crippen LogP contribution in [-0.2, 0) is 17.8 Å². The first-order valence-electron chi connectivity index (χ1n) is 10.4. The molecule has 2 aromatic carbocycles. The first kappa shape index (κ1) is 20.8. The number of carbonyl (C=O) groups is 1. The molecule has 0 spiro atoms. The quantitative estimate of drug-likeness (QED) is 0.327. The number of ether oxygens (including phenoxy) is 1. The lowest BCUT2D eigenvalue weighted by atomic mass is 10.1. The van der Waals surface area contributed by atoms with Crippen molar-refractivity contribution in [3.05, 3.63) is 101 Å². The van der Waals surface area contributed by atoms with Crippen LogP contribution in [-0.4, -0.2) is 32.7 Å². The highest BCUT2D eigenvalue weighted by Crippen LogP contribution is 2.34. The molecule has 5 aromatic rings. The Balaban J connectivity index is 1.72. The number of rotatable bonds is 7. The van der Waals surface area contributed by atoms with Crippen molar-refractivity contribution in [3.63, 3.8) is 0 Å². The Bertz CT molecular complexity index is 1330. The molecule has 0 aliphatic rings. The van der Waals surface area contributed by atoms with Crippen LogP contribution in [0.2, 0.25) is 0 Å². The summed E-state index contributed by atoms with van der Waals surface area (Å²) in [5, 5.41) is 7.32. The van der Waals surface area contributed by atoms with Gasteiger partial charge in [0.25, 0.3) is 0 Å². The zero-order chi connectivity index (χ0) is 22.6. The SMILES string of the molecule is COC(=O)c1cnn2c(N(Cc3ccccc3)Cc3ccccc3)c(-c3nccs3)cnc12. The molecular formula is C25H21N5O2S. The smallest absolute Gasteiger partial charge is 0.343 e. The number of thiazole rings is 1. The van der Waals surface area contributed by atoms with E-state index in [0.29, 0.717) is 24.3 Å². The minimum absolute atomic E-state index is 0.323. The number of hydrogen-bond acceptors (Lipinski definition) is 7. The fourth-order valence-electron chi connectivity index (χ4n) is 3.80. The van der Waals surface area contributed by atoms with Crippen molar-refractivity contribution >= 4 is 28.8 Å². The summed E-state index contributed by atoms with van der Waals surface area (Å²) in [7, 11) is 1.35. The van der Waals surface area contributed by atoms with E-state index in [1.54, 1.807) is 16.9 Å². The van der Waals surface area contributed by atoms with Crippen LogP contribution in [0.1, 0.15) is 21.5 Å². The zero-order valence-electron chi connectivity index (χ0n) is 18.0. The number of esters is 1. The Labute approximate surface area is 194 Å². The summed E-state index contributed by atoms with van der Waals surface area (Å²) < 4.78 is 6.66. The Hall–Kier alpha value is -4.04. The van der Waals surface area contributed by atoms with Gasteiger partial charge in [-0.1, -0.05) is 60.7 Å². The molecule has 8 heteroatoms. The van der Waals surface area contributed by atoms with Crippen LogP contribution in [0.25, 0.3) is 16.2 Å². The second-order valence-electron chi connectivity index (χ2n) is 7.45. The molecule has 0 bridgehead atoms. The second kappa shape index (κ2) is 9.22. The highest BCUT2D eigenvalue weighted by Gasteiger charge is 2.24. The molecule has 0 fully saturated rings. The van der Waals surface area contributed by atoms with Crippen LogP contribution in [0.3, 0.4) is 0 Å². The van der Waals surface area contributed by atoms with Gasteiger partial charge in [0.15, 0.2) is 5.65 Å². The molecule has 0 atom stereocenters. The van der Waals surface area contributed by atoms with Gasteiger partial charge < -0.3 is 9.64 Å². The molecule has 0 aliphatic heterocycles. The Morgan fingerprint density at radius 1 is 0.970 bits per heavy atom. The van der Waals surface area contributed by atoms with Crippen LogP contribution in [0.15, 0.2) is 84.6 Å². The molecule has 0 unspecified atom stereocenters. The fourth-order valence-corrected chi connectivity index (χ4v) is 4.44. The maximum atomic E-state index is 12.3. The summed E-state index contributed by atoms with van der Waals surface area (Å²) in [5.41, 5.74) is 3.93. The van der Waals surface area contributed by atoms with E-state index >= 15 is 0 Å². The average Bonchev–Trinajstić information content (AvgIpc) is 3.54. The molecule has 164 valence electrons. The highest BCUT2D eigenvalue weighted by atomic mass is 32.1. The molecule has 0 amide bonds. The molecule has 5 rings (SSSR count). The standard InChI is InChI=1S/C25H21N5O2S/c1-32-25(31)20-15-28-30-22(20)27-14-21(23-26-12-13-33-23)24(30)29(16-18-8-4-2-5-9-18)17-19-10-6-3-7-11-19/h2-15H,16-17H2,1H3. The summed E-state index contributed by atoms with van der Waals surface area (Å²) in [6.45, 7) is 1.28. The van der Waals surface area contributed by atoms with Gasteiger partial charge in [0.2, 0.25) is 0 Å². The Kier molecular flexibility index (Phi) is 5.82. The first-order valence-corrected chi connectivity index (χ1v) is 11.3. The van der Waals surface area contributed by atoms with Crippen LogP contribution >= 0.6 is 11.3 Å². The Morgan fingerprint density at radius 2 is 1.64 bits per heavy atom. The minimum Gasteiger partial charge on any atom is -0.465 e. The van der Waals surface area contributed by atoms with Crippen molar-refractivity contribution in [2.45, 2.75) is 13.1 Å². The van der Waals surface area contributed by atoms with Gasteiger partial charge in [-0.3, -0.25) is 0 Å². The number of nitrogens with zero attached hydrogens (tertiary/aromatic N) is 5. The molecular weight excluding hydrogens is 434 g/mol. The number of benzene rings is 2. The third-order valence-electron chi connectivity index (χ3n) is 5.30. The predicted molar refractivity (Wildman–Crippen MR) is 128 cm³/mol. The zero-order valence-corrected chi connectivity index (χ0v) is 18.8. The molecule has 0 saturated carbocycles. The number of carbonyl (C=O) groups excluding carboxylic acids is 1. The summed E-state index contributed by atoms with van der Waals surface area (Å²) in [6.07, 6.45) is 5.04. The van der Waals surface area contributed by atoms with E-state index in [4.69, 9.17) is 4.74 Å². The van der Waals surface area contributed by atoms with Crippen LogP contribution in [0.4, 0.5) is 5.82 Å². The lowest BCUT2D eigenvalue weighted by molar-refractivity contribution is 0.0602. The molecule has 0 radical (unpaired) electrons. The monoisotopic (exact) mass is 455 g/mol. The van der Waals surface area contributed by atoms with Gasteiger partial charge in [0.1, 0.15) is 16.4 Å². The van der Waals surface area contributed by atoms with Gasteiger partial charge >= 0.3 is 5.97 Å². The molecule has 3 aromatic heterocycles. The van der Waals surface area contributed by atoms with Gasteiger partial charge in [-0.2, -0.15) is 9.61 Å². The Morgan fingerprint density at radius 3 is 2.21 bits per heavy atom. The topological polar surface area (TPSA) is 72.6 Å². The maximum Gasteiger partial charge on any atom is 0.343 e. The summed E-state index contributed by atoms with van der Waals surface area (Å²) >= 11 is 1.54. The van der Waals surface area contributed by atoms with Crippen molar-refractivity contribution < 1.29 is 9.53 Å². The molecule has 0 N–H and O–H groups in total. The molecule has 3 heterocycles. The van der Waals surface area contributed by atoms with Crippen molar-refractivity contribution in [3.8, 4) is 10.6 Å². The summed E-state index contributed by atoms with van der Waals surface area (Å²) in [4.78, 5) is 23.7. The third-order valence-corrected chi connectivity index (χ3v) is 6.11. The van der Waals surface area contributed by atoms with Gasteiger partial charge in [0.05, 0.1) is 18.9 Å². The van der Waals surface area contributed by atoms with E-state index in [-0.39, 0.29) is 0 Å². The van der Waals surface area contributed by atoms with Crippen LogP contribution in [0, 0.1) is 0 Å². The summed E-state index contributed by atoms with van der Waals surface area (Å²) in [6, 6.07) is 20.5. The van der Waals surface area contributed by atoms with Gasteiger partial charge in [-0.25, -0.2) is 14.8 Å². The van der Waals surface area contributed by atoms with E-state index < -0.39 is 5.97 Å². The van der Waals surface area contributed by atoms with E-state index in [2.05, 4.69) is 44.2 Å². The number of methoxy groups -OCH3 is 1. The normalized spacial score (nSPS) is 10.9. The number of aromatic nitrogens is 4. The molecule has 0 aliphatic carbocycles. The van der Waals surface area contributed by atoms with Crippen molar-refractivity contribution in [1.82, 2.24) is 19.6 Å². The lowest BCUT2D eigenvalue weighted by Gasteiger charge is -2.27. The van der Waals surface area contributed by atoms with Crippen molar-refractivity contribution in [1.29, 1.82) is 0 Å². The second-order valence-corrected chi connectivity index (χ2v) is 8.34. The van der Waals surface area contributed by atoms with Gasteiger partial charge in [-0.15, -0.1) is 11.3 Å². The van der Waals surface area contributed by atoms with Gasteiger partial charge in [0, 0.05) is 30.9 Å². The first-order chi connectivity index (χ1) is 16.2. The van der Waals surface area contributed by atoms with Crippen molar-refractivity contribution in [2.24, 2.45) is 0 Å². The van der Waals surface area contributed by atoms with Crippen molar-refractivity contribution in [2.75, 3.05) is 12.0 Å². The number of hydrogen-bond donors (Lipinski definition) is 0. The number of anilines is 1. The van der Waals surface area contributed by atoms with E-state index in [9.17, 15) is 4.79 Å². The highest BCUT2D eigenvalue weighted by molar-refractivity contribution is 7.13. The number of fused-ring (bicyclic) bond motifs is 1. The van der Waals surface area contributed by atoms with Gasteiger partial charge in [-0.05, 0) is 11.1 Å². The van der Waals surface area contributed by atoms with Crippen LogP contribution < -0.4 is 4.90 Å². The minimum atomic E-state index is -0.469. The third kappa shape index (κ3) is 4.20.